The molecule has 0 bridgehead atoms. The van der Waals surface area contributed by atoms with E-state index in [0.29, 0.717) is 30.6 Å². The summed E-state index contributed by atoms with van der Waals surface area (Å²) in [6.07, 6.45) is 1.64. The Hall–Kier alpha value is -0.140. The maximum atomic E-state index is 12.8. The van der Waals surface area contributed by atoms with Gasteiger partial charge in [-0.1, -0.05) is 20.8 Å². The zero-order valence-electron chi connectivity index (χ0n) is 8.82. The average Bonchev–Trinajstić information content (AvgIpc) is 2.03. The third-order valence-corrected chi connectivity index (χ3v) is 3.56. The molecule has 1 atom stereocenters. The van der Waals surface area contributed by atoms with Gasteiger partial charge in [0.1, 0.15) is 0 Å². The fourth-order valence-electron chi connectivity index (χ4n) is 2.13. The van der Waals surface area contributed by atoms with Gasteiger partial charge in [-0.15, -0.1) is 0 Å². The zero-order valence-corrected chi connectivity index (χ0v) is 8.82. The lowest BCUT2D eigenvalue weighted by molar-refractivity contribution is -0.0537. The standard InChI is InChI=1S/C11H20F2/c1-8(2)9(3)10-4-6-11(12,13)7-5-10/h8-10H,4-7H2,1-3H3. The van der Waals surface area contributed by atoms with E-state index in [1.807, 2.05) is 0 Å². The minimum absolute atomic E-state index is 0.106. The van der Waals surface area contributed by atoms with Crippen molar-refractivity contribution < 1.29 is 8.78 Å². The summed E-state index contributed by atoms with van der Waals surface area (Å²) in [5, 5.41) is 0. The van der Waals surface area contributed by atoms with Crippen LogP contribution in [-0.4, -0.2) is 5.92 Å². The maximum absolute atomic E-state index is 12.8. The summed E-state index contributed by atoms with van der Waals surface area (Å²) in [7, 11) is 0. The van der Waals surface area contributed by atoms with Crippen molar-refractivity contribution in [1.29, 1.82) is 0 Å². The Kier molecular flexibility index (Phi) is 3.31. The SMILES string of the molecule is CC(C)C(C)C1CCC(F)(F)CC1. The Bertz CT molecular complexity index is 153. The molecule has 1 aliphatic carbocycles. The smallest absolute Gasteiger partial charge is 0.207 e. The van der Waals surface area contributed by atoms with Crippen molar-refractivity contribution in [1.82, 2.24) is 0 Å². The van der Waals surface area contributed by atoms with Crippen molar-refractivity contribution in [3.8, 4) is 0 Å². The van der Waals surface area contributed by atoms with Crippen molar-refractivity contribution in [2.45, 2.75) is 52.4 Å². The summed E-state index contributed by atoms with van der Waals surface area (Å²) in [6, 6.07) is 0. The first-order valence-corrected chi connectivity index (χ1v) is 5.30. The molecule has 0 heterocycles. The molecule has 1 fully saturated rings. The van der Waals surface area contributed by atoms with E-state index in [4.69, 9.17) is 0 Å². The molecule has 1 saturated carbocycles. The van der Waals surface area contributed by atoms with Crippen LogP contribution in [0, 0.1) is 17.8 Å². The monoisotopic (exact) mass is 190 g/mol. The lowest BCUT2D eigenvalue weighted by Gasteiger charge is -2.33. The summed E-state index contributed by atoms with van der Waals surface area (Å²) >= 11 is 0. The van der Waals surface area contributed by atoms with Gasteiger partial charge in [0.15, 0.2) is 0 Å². The fourth-order valence-corrected chi connectivity index (χ4v) is 2.13. The minimum atomic E-state index is -2.37. The van der Waals surface area contributed by atoms with Crippen LogP contribution in [-0.2, 0) is 0 Å². The molecular weight excluding hydrogens is 170 g/mol. The zero-order chi connectivity index (χ0) is 10.1. The van der Waals surface area contributed by atoms with Gasteiger partial charge in [0.25, 0.3) is 0 Å². The van der Waals surface area contributed by atoms with Crippen LogP contribution in [0.15, 0.2) is 0 Å². The van der Waals surface area contributed by atoms with E-state index >= 15 is 0 Å². The van der Waals surface area contributed by atoms with E-state index in [1.54, 1.807) is 0 Å². The van der Waals surface area contributed by atoms with E-state index in [0.717, 1.165) is 0 Å². The topological polar surface area (TPSA) is 0 Å². The first kappa shape index (κ1) is 10.9. The molecule has 1 rings (SSSR count). The van der Waals surface area contributed by atoms with Gasteiger partial charge in [0.05, 0.1) is 0 Å². The molecule has 0 aromatic heterocycles. The number of hydrogen-bond acceptors (Lipinski definition) is 0. The largest absolute Gasteiger partial charge is 0.248 e. The molecule has 1 aliphatic rings. The predicted molar refractivity (Wildman–Crippen MR) is 50.9 cm³/mol. The maximum Gasteiger partial charge on any atom is 0.248 e. The van der Waals surface area contributed by atoms with Gasteiger partial charge in [-0.3, -0.25) is 0 Å². The summed E-state index contributed by atoms with van der Waals surface area (Å²) < 4.78 is 25.7. The van der Waals surface area contributed by atoms with Crippen LogP contribution in [0.2, 0.25) is 0 Å². The molecule has 1 unspecified atom stereocenters. The molecule has 0 radical (unpaired) electrons. The Morgan fingerprint density at radius 2 is 1.54 bits per heavy atom. The van der Waals surface area contributed by atoms with Gasteiger partial charge < -0.3 is 0 Å². The second kappa shape index (κ2) is 3.93. The molecule has 78 valence electrons. The van der Waals surface area contributed by atoms with Gasteiger partial charge in [0, 0.05) is 12.8 Å². The van der Waals surface area contributed by atoms with Crippen molar-refractivity contribution >= 4 is 0 Å². The molecular formula is C11H20F2. The van der Waals surface area contributed by atoms with Crippen LogP contribution in [0.1, 0.15) is 46.5 Å². The molecule has 0 nitrogen and oxygen atoms in total. The van der Waals surface area contributed by atoms with Crippen molar-refractivity contribution in [3.05, 3.63) is 0 Å². The number of hydrogen-bond donors (Lipinski definition) is 0. The van der Waals surface area contributed by atoms with Crippen molar-refractivity contribution in [2.75, 3.05) is 0 Å². The quantitative estimate of drug-likeness (QED) is 0.615. The lowest BCUT2D eigenvalue weighted by Crippen LogP contribution is -2.29. The molecule has 0 aliphatic heterocycles. The molecule has 0 aromatic rings. The van der Waals surface area contributed by atoms with E-state index in [-0.39, 0.29) is 12.8 Å². The molecule has 0 saturated heterocycles. The highest BCUT2D eigenvalue weighted by Gasteiger charge is 2.36. The van der Waals surface area contributed by atoms with Gasteiger partial charge in [-0.05, 0) is 30.6 Å². The van der Waals surface area contributed by atoms with Crippen LogP contribution >= 0.6 is 0 Å². The van der Waals surface area contributed by atoms with Gasteiger partial charge >= 0.3 is 0 Å². The van der Waals surface area contributed by atoms with Gasteiger partial charge in [-0.2, -0.15) is 0 Å². The van der Waals surface area contributed by atoms with Crippen LogP contribution < -0.4 is 0 Å². The highest BCUT2D eigenvalue weighted by Crippen LogP contribution is 2.40. The van der Waals surface area contributed by atoms with Crippen molar-refractivity contribution in [3.63, 3.8) is 0 Å². The number of halogens is 2. The average molecular weight is 190 g/mol. The summed E-state index contributed by atoms with van der Waals surface area (Å²) in [5.74, 6) is -0.625. The van der Waals surface area contributed by atoms with Crippen LogP contribution in [0.25, 0.3) is 0 Å². The summed E-state index contributed by atoms with van der Waals surface area (Å²) in [4.78, 5) is 0. The third-order valence-electron chi connectivity index (χ3n) is 3.56. The first-order chi connectivity index (χ1) is 5.92. The normalized spacial score (nSPS) is 26.3. The van der Waals surface area contributed by atoms with Gasteiger partial charge in [0.2, 0.25) is 5.92 Å². The van der Waals surface area contributed by atoms with E-state index in [9.17, 15) is 8.78 Å². The molecule has 2 heteroatoms. The molecule has 13 heavy (non-hydrogen) atoms. The van der Waals surface area contributed by atoms with Crippen LogP contribution in [0.5, 0.6) is 0 Å². The highest BCUT2D eigenvalue weighted by molar-refractivity contribution is 4.80. The number of rotatable bonds is 2. The van der Waals surface area contributed by atoms with E-state index < -0.39 is 5.92 Å². The molecule has 0 N–H and O–H groups in total. The second-order valence-corrected chi connectivity index (χ2v) is 4.80. The van der Waals surface area contributed by atoms with Gasteiger partial charge in [-0.25, -0.2) is 8.78 Å². The Morgan fingerprint density at radius 1 is 1.08 bits per heavy atom. The molecule has 0 spiro atoms. The van der Waals surface area contributed by atoms with E-state index in [2.05, 4.69) is 20.8 Å². The highest BCUT2D eigenvalue weighted by atomic mass is 19.3. The molecule has 0 amide bonds. The Morgan fingerprint density at radius 3 is 1.92 bits per heavy atom. The number of alkyl halides is 2. The Balaban J connectivity index is 2.41. The lowest BCUT2D eigenvalue weighted by atomic mass is 9.75. The predicted octanol–water partition coefficient (Wildman–Crippen LogP) is 4.10. The first-order valence-electron chi connectivity index (χ1n) is 5.30. The van der Waals surface area contributed by atoms with Crippen molar-refractivity contribution in [2.24, 2.45) is 17.8 Å². The van der Waals surface area contributed by atoms with E-state index in [1.165, 1.54) is 0 Å². The summed E-state index contributed by atoms with van der Waals surface area (Å²) in [5.41, 5.74) is 0. The van der Waals surface area contributed by atoms with Crippen LogP contribution in [0.3, 0.4) is 0 Å². The second-order valence-electron chi connectivity index (χ2n) is 4.80. The molecule has 0 aromatic carbocycles. The Labute approximate surface area is 79.7 Å². The van der Waals surface area contributed by atoms with Crippen LogP contribution in [0.4, 0.5) is 8.78 Å². The fraction of sp³-hybridized carbons (Fsp3) is 1.00. The summed E-state index contributed by atoms with van der Waals surface area (Å²) in [6.45, 7) is 6.55. The minimum Gasteiger partial charge on any atom is -0.207 e. The third kappa shape index (κ3) is 2.92.